The molecule has 1 rings (SSSR count). The van der Waals surface area contributed by atoms with Gasteiger partial charge in [0.1, 0.15) is 0 Å². The molecule has 0 bridgehead atoms. The maximum atomic E-state index is 9.29. The number of hydrogen-bond acceptors (Lipinski definition) is 2. The lowest BCUT2D eigenvalue weighted by atomic mass is 10.2. The van der Waals surface area contributed by atoms with Crippen LogP contribution in [-0.2, 0) is 0 Å². The van der Waals surface area contributed by atoms with E-state index in [2.05, 4.69) is 0 Å². The van der Waals surface area contributed by atoms with E-state index in [9.17, 15) is 5.11 Å². The molecule has 0 aromatic carbocycles. The fraction of sp³-hybridized carbons (Fsp3) is 0.429. The number of halogens is 1. The van der Waals surface area contributed by atoms with Gasteiger partial charge >= 0.3 is 0 Å². The zero-order chi connectivity index (χ0) is 7.56. The molecule has 0 saturated carbocycles. The predicted octanol–water partition coefficient (Wildman–Crippen LogP) is 2.84. The van der Waals surface area contributed by atoms with Crippen molar-refractivity contribution in [2.75, 3.05) is 0 Å². The maximum absolute atomic E-state index is 9.29. The van der Waals surface area contributed by atoms with Crippen molar-refractivity contribution in [2.24, 2.45) is 0 Å². The molecule has 1 nitrogen and oxygen atoms in total. The molecule has 1 atom stereocenters. The van der Waals surface area contributed by atoms with Crippen LogP contribution in [-0.4, -0.2) is 5.11 Å². The van der Waals surface area contributed by atoms with Gasteiger partial charge in [0.05, 0.1) is 10.4 Å². The van der Waals surface area contributed by atoms with E-state index < -0.39 is 0 Å². The Bertz CT molecular complexity index is 209. The third-order valence-electron chi connectivity index (χ3n) is 1.31. The van der Waals surface area contributed by atoms with Gasteiger partial charge in [-0.1, -0.05) is 18.5 Å². The molecule has 0 fully saturated rings. The monoisotopic (exact) mass is 176 g/mol. The van der Waals surface area contributed by atoms with Gasteiger partial charge in [-0.25, -0.2) is 0 Å². The smallest absolute Gasteiger partial charge is 0.0932 e. The Kier molecular flexibility index (Phi) is 2.72. The van der Waals surface area contributed by atoms with E-state index in [1.54, 1.807) is 6.07 Å². The number of rotatable bonds is 2. The summed E-state index contributed by atoms with van der Waals surface area (Å²) in [6.07, 6.45) is 0.411. The average Bonchev–Trinajstić information content (AvgIpc) is 2.34. The molecule has 1 heterocycles. The van der Waals surface area contributed by atoms with Gasteiger partial charge in [0.2, 0.25) is 0 Å². The third kappa shape index (κ3) is 1.72. The number of hydrogen-bond donors (Lipinski definition) is 1. The van der Waals surface area contributed by atoms with Gasteiger partial charge in [0.25, 0.3) is 0 Å². The van der Waals surface area contributed by atoms with Crippen molar-refractivity contribution in [3.05, 3.63) is 21.3 Å². The van der Waals surface area contributed by atoms with Crippen LogP contribution in [0.5, 0.6) is 0 Å². The Hall–Kier alpha value is -0.0500. The molecule has 0 saturated heterocycles. The second-order valence-electron chi connectivity index (χ2n) is 2.07. The normalized spacial score (nSPS) is 13.5. The van der Waals surface area contributed by atoms with Crippen LogP contribution < -0.4 is 0 Å². The lowest BCUT2D eigenvalue weighted by molar-refractivity contribution is 0.177. The molecule has 0 aliphatic carbocycles. The largest absolute Gasteiger partial charge is 0.388 e. The zero-order valence-electron chi connectivity index (χ0n) is 5.67. The fourth-order valence-corrected chi connectivity index (χ4v) is 1.84. The van der Waals surface area contributed by atoms with E-state index in [0.717, 1.165) is 15.6 Å². The summed E-state index contributed by atoms with van der Waals surface area (Å²) in [6, 6.07) is 3.67. The number of aliphatic hydroxyl groups excluding tert-OH is 1. The van der Waals surface area contributed by atoms with Crippen LogP contribution in [0.15, 0.2) is 12.1 Å². The lowest BCUT2D eigenvalue weighted by Crippen LogP contribution is -1.89. The molecule has 0 spiro atoms. The van der Waals surface area contributed by atoms with Crippen molar-refractivity contribution in [3.63, 3.8) is 0 Å². The van der Waals surface area contributed by atoms with Gasteiger partial charge in [0, 0.05) is 4.88 Å². The molecule has 0 aliphatic rings. The Balaban J connectivity index is 2.74. The second-order valence-corrected chi connectivity index (χ2v) is 3.81. The highest BCUT2D eigenvalue weighted by Gasteiger charge is 2.06. The Morgan fingerprint density at radius 2 is 2.40 bits per heavy atom. The molecule has 1 aromatic heterocycles. The quantitative estimate of drug-likeness (QED) is 0.735. The standard InChI is InChI=1S/C7H9ClOS/c1-2-5(9)6-3-4-7(8)10-6/h3-5,9H,2H2,1H3/t5-/m0/s1. The first kappa shape index (κ1) is 8.05. The van der Waals surface area contributed by atoms with Crippen molar-refractivity contribution in [3.8, 4) is 0 Å². The van der Waals surface area contributed by atoms with Crippen molar-refractivity contribution in [1.29, 1.82) is 0 Å². The summed E-state index contributed by atoms with van der Waals surface area (Å²) in [5, 5.41) is 9.29. The maximum Gasteiger partial charge on any atom is 0.0932 e. The molecule has 3 heteroatoms. The molecule has 0 radical (unpaired) electrons. The van der Waals surface area contributed by atoms with E-state index in [4.69, 9.17) is 11.6 Å². The molecule has 10 heavy (non-hydrogen) atoms. The molecule has 1 N–H and O–H groups in total. The minimum atomic E-state index is -0.336. The predicted molar refractivity (Wildman–Crippen MR) is 44.6 cm³/mol. The summed E-state index contributed by atoms with van der Waals surface area (Å²) in [4.78, 5) is 0.951. The average molecular weight is 177 g/mol. The van der Waals surface area contributed by atoms with Gasteiger partial charge in [-0.15, -0.1) is 11.3 Å². The Morgan fingerprint density at radius 1 is 1.70 bits per heavy atom. The van der Waals surface area contributed by atoms with Crippen molar-refractivity contribution < 1.29 is 5.11 Å². The summed E-state index contributed by atoms with van der Waals surface area (Å²) in [5.41, 5.74) is 0. The van der Waals surface area contributed by atoms with Gasteiger partial charge < -0.3 is 5.11 Å². The second kappa shape index (κ2) is 3.37. The van der Waals surface area contributed by atoms with Crippen LogP contribution >= 0.6 is 22.9 Å². The summed E-state index contributed by atoms with van der Waals surface area (Å²) in [7, 11) is 0. The molecular formula is C7H9ClOS. The van der Waals surface area contributed by atoms with Crippen LogP contribution in [0.1, 0.15) is 24.3 Å². The number of aliphatic hydroxyl groups is 1. The summed E-state index contributed by atoms with van der Waals surface area (Å²) >= 11 is 7.10. The van der Waals surface area contributed by atoms with Crippen LogP contribution in [0.25, 0.3) is 0 Å². The first-order chi connectivity index (χ1) is 4.74. The highest BCUT2D eigenvalue weighted by Crippen LogP contribution is 2.27. The van der Waals surface area contributed by atoms with E-state index in [-0.39, 0.29) is 6.10 Å². The van der Waals surface area contributed by atoms with E-state index in [1.807, 2.05) is 13.0 Å². The topological polar surface area (TPSA) is 20.2 Å². The van der Waals surface area contributed by atoms with Crippen molar-refractivity contribution in [1.82, 2.24) is 0 Å². The minimum Gasteiger partial charge on any atom is -0.388 e. The molecule has 0 aliphatic heterocycles. The molecular weight excluding hydrogens is 168 g/mol. The van der Waals surface area contributed by atoms with Gasteiger partial charge in [0.15, 0.2) is 0 Å². The zero-order valence-corrected chi connectivity index (χ0v) is 7.25. The lowest BCUT2D eigenvalue weighted by Gasteiger charge is -2.01. The van der Waals surface area contributed by atoms with Crippen LogP contribution in [0.2, 0.25) is 4.34 Å². The first-order valence-corrected chi connectivity index (χ1v) is 4.36. The van der Waals surface area contributed by atoms with E-state index >= 15 is 0 Å². The van der Waals surface area contributed by atoms with Crippen LogP contribution in [0.3, 0.4) is 0 Å². The highest BCUT2D eigenvalue weighted by molar-refractivity contribution is 7.16. The van der Waals surface area contributed by atoms with Gasteiger partial charge in [-0.05, 0) is 18.6 Å². The van der Waals surface area contributed by atoms with Crippen LogP contribution in [0, 0.1) is 0 Å². The SMILES string of the molecule is CC[C@H](O)c1ccc(Cl)s1. The molecule has 1 aromatic rings. The highest BCUT2D eigenvalue weighted by atomic mass is 35.5. The third-order valence-corrected chi connectivity index (χ3v) is 2.64. The fourth-order valence-electron chi connectivity index (χ4n) is 0.709. The summed E-state index contributed by atoms with van der Waals surface area (Å²) in [6.45, 7) is 1.94. The summed E-state index contributed by atoms with van der Waals surface area (Å²) < 4.78 is 0.738. The molecule has 56 valence electrons. The van der Waals surface area contributed by atoms with Gasteiger partial charge in [-0.2, -0.15) is 0 Å². The first-order valence-electron chi connectivity index (χ1n) is 3.17. The summed E-state index contributed by atoms with van der Waals surface area (Å²) in [5.74, 6) is 0. The number of thiophene rings is 1. The Morgan fingerprint density at radius 3 is 2.80 bits per heavy atom. The Labute approximate surface area is 69.3 Å². The van der Waals surface area contributed by atoms with Crippen LogP contribution in [0.4, 0.5) is 0 Å². The van der Waals surface area contributed by atoms with Crippen molar-refractivity contribution >= 4 is 22.9 Å². The van der Waals surface area contributed by atoms with E-state index in [1.165, 1.54) is 11.3 Å². The minimum absolute atomic E-state index is 0.336. The van der Waals surface area contributed by atoms with Crippen molar-refractivity contribution in [2.45, 2.75) is 19.4 Å². The molecule has 0 amide bonds. The molecule has 0 unspecified atom stereocenters. The van der Waals surface area contributed by atoms with E-state index in [0.29, 0.717) is 0 Å². The van der Waals surface area contributed by atoms with Gasteiger partial charge in [-0.3, -0.25) is 0 Å².